The molecule has 2 aliphatic heterocycles. The van der Waals surface area contributed by atoms with E-state index in [1.165, 1.54) is 16.0 Å². The van der Waals surface area contributed by atoms with Crippen molar-refractivity contribution < 1.29 is 9.53 Å². The topological polar surface area (TPSA) is 72.6 Å². The molecule has 7 nitrogen and oxygen atoms in total. The van der Waals surface area contributed by atoms with Crippen LogP contribution in [0.4, 0.5) is 4.79 Å². The number of aliphatic imine (C=N–C) groups is 1. The van der Waals surface area contributed by atoms with Gasteiger partial charge >= 0.3 is 6.09 Å². The first kappa shape index (κ1) is 29.1. The van der Waals surface area contributed by atoms with E-state index in [4.69, 9.17) is 9.73 Å². The van der Waals surface area contributed by atoms with Gasteiger partial charge in [0, 0.05) is 46.0 Å². The summed E-state index contributed by atoms with van der Waals surface area (Å²) in [6.45, 7) is 19.7. The number of carbonyl (C=O) groups excluding carboxylic acids is 1. The van der Waals surface area contributed by atoms with Crippen LogP contribution in [-0.4, -0.2) is 50.2 Å². The molecular formula is C33H41N5O2S. The number of fused-ring (bicyclic) bond motifs is 3. The fourth-order valence-electron chi connectivity index (χ4n) is 5.94. The molecule has 2 aromatic heterocycles. The smallest absolute Gasteiger partial charge is 0.410 e. The lowest BCUT2D eigenvalue weighted by molar-refractivity contribution is -0.0832. The highest BCUT2D eigenvalue weighted by Crippen LogP contribution is 2.52. The molecule has 1 unspecified atom stereocenters. The predicted octanol–water partition coefficient (Wildman–Crippen LogP) is 7.19. The fourth-order valence-corrected chi connectivity index (χ4v) is 7.16. The second-order valence-corrected chi connectivity index (χ2v) is 13.5. The lowest BCUT2D eigenvalue weighted by Crippen LogP contribution is -2.64. The summed E-state index contributed by atoms with van der Waals surface area (Å²) >= 11 is 1.78. The lowest BCUT2D eigenvalue weighted by Gasteiger charge is -2.57. The summed E-state index contributed by atoms with van der Waals surface area (Å²) in [5.41, 5.74) is 5.32. The summed E-state index contributed by atoms with van der Waals surface area (Å²) in [6.07, 6.45) is 1.90. The number of aryl methyl sites for hydroxylation is 2. The van der Waals surface area contributed by atoms with Gasteiger partial charge in [-0.15, -0.1) is 21.5 Å². The highest BCUT2D eigenvalue weighted by molar-refractivity contribution is 7.15. The van der Waals surface area contributed by atoms with E-state index >= 15 is 0 Å². The van der Waals surface area contributed by atoms with Crippen molar-refractivity contribution in [2.45, 2.75) is 86.8 Å². The Morgan fingerprint density at radius 3 is 2.37 bits per heavy atom. The maximum absolute atomic E-state index is 12.2. The quantitative estimate of drug-likeness (QED) is 0.290. The molecule has 41 heavy (non-hydrogen) atoms. The van der Waals surface area contributed by atoms with Crippen LogP contribution in [0.25, 0.3) is 5.00 Å². The Morgan fingerprint density at radius 1 is 1.07 bits per heavy atom. The largest absolute Gasteiger partial charge is 0.444 e. The molecule has 1 amide bonds. The second kappa shape index (κ2) is 10.8. The number of carbonyl (C=O) groups is 1. The maximum atomic E-state index is 12.2. The normalized spacial score (nSPS) is 18.8. The summed E-state index contributed by atoms with van der Waals surface area (Å²) in [7, 11) is 0. The second-order valence-electron chi connectivity index (χ2n) is 12.3. The molecule has 0 bridgehead atoms. The Hall–Kier alpha value is -3.44. The van der Waals surface area contributed by atoms with Crippen LogP contribution in [0.15, 0.2) is 29.3 Å². The Morgan fingerprint density at radius 2 is 1.73 bits per heavy atom. The average Bonchev–Trinajstić information content (AvgIpc) is 3.36. The van der Waals surface area contributed by atoms with Gasteiger partial charge in [0.05, 0.1) is 5.71 Å². The van der Waals surface area contributed by atoms with Gasteiger partial charge in [-0.2, -0.15) is 0 Å². The summed E-state index contributed by atoms with van der Waals surface area (Å²) in [5.74, 6) is 9.01. The Kier molecular flexibility index (Phi) is 7.63. The van der Waals surface area contributed by atoms with E-state index in [1.807, 2.05) is 46.4 Å². The van der Waals surface area contributed by atoms with Crippen LogP contribution < -0.4 is 0 Å². The highest BCUT2D eigenvalue weighted by atomic mass is 32.1. The summed E-state index contributed by atoms with van der Waals surface area (Å²) in [5, 5.41) is 9.93. The summed E-state index contributed by atoms with van der Waals surface area (Å²) < 4.78 is 7.66. The van der Waals surface area contributed by atoms with Crippen LogP contribution in [0.2, 0.25) is 0 Å². The molecule has 1 saturated heterocycles. The highest BCUT2D eigenvalue weighted by Gasteiger charge is 2.54. The first-order valence-corrected chi connectivity index (χ1v) is 15.4. The number of likely N-dealkylation sites (tertiary alicyclic amines) is 1. The average molecular weight is 572 g/mol. The van der Waals surface area contributed by atoms with Gasteiger partial charge in [-0.3, -0.25) is 9.56 Å². The first-order valence-electron chi connectivity index (χ1n) is 14.6. The number of hydrogen-bond donors (Lipinski definition) is 0. The minimum Gasteiger partial charge on any atom is -0.444 e. The van der Waals surface area contributed by atoms with Gasteiger partial charge in [0.25, 0.3) is 0 Å². The van der Waals surface area contributed by atoms with Gasteiger partial charge in [0.15, 0.2) is 5.82 Å². The van der Waals surface area contributed by atoms with Crippen LogP contribution in [0, 0.1) is 43.9 Å². The van der Waals surface area contributed by atoms with E-state index in [0.29, 0.717) is 5.92 Å². The number of nitrogens with zero attached hydrogens (tertiary/aromatic N) is 5. The van der Waals surface area contributed by atoms with Crippen molar-refractivity contribution in [2.75, 3.05) is 13.1 Å². The molecule has 0 radical (unpaired) electrons. The standard InChI is InChI=1S/C31H35N5O2S.C2H6/c1-18-20(3)39-28-25(18)26(32-19(2)27-34-33-21(4)36(27)28)24-12-10-22(11-13-24)8-9-23-14-31(15-23)16-35(17-31)29(37)38-30(5,6)7;1-2/h10-13,19,23H,14-17H2,1-7H3;1-2H3. The number of rotatable bonds is 1. The van der Waals surface area contributed by atoms with Crippen LogP contribution in [-0.2, 0) is 4.74 Å². The van der Waals surface area contributed by atoms with Crippen molar-refractivity contribution >= 4 is 23.1 Å². The summed E-state index contributed by atoms with van der Waals surface area (Å²) in [4.78, 5) is 20.5. The Bertz CT molecular complexity index is 1550. The zero-order valence-electron chi connectivity index (χ0n) is 25.8. The predicted molar refractivity (Wildman–Crippen MR) is 165 cm³/mol. The van der Waals surface area contributed by atoms with E-state index in [9.17, 15) is 4.79 Å². The summed E-state index contributed by atoms with van der Waals surface area (Å²) in [6, 6.07) is 8.38. The SMILES string of the molecule is CC.Cc1sc2c(c1C)C(c1ccc(C#CC3CC4(C3)CN(C(=O)OC(C)(C)C)C4)cc1)=NC(C)c1nnc(C)n1-2. The van der Waals surface area contributed by atoms with Crippen molar-refractivity contribution in [3.05, 3.63) is 63.0 Å². The number of ether oxygens (including phenoxy) is 1. The molecule has 216 valence electrons. The van der Waals surface area contributed by atoms with E-state index in [0.717, 1.165) is 59.4 Å². The molecule has 8 heteroatoms. The fraction of sp³-hybridized carbons (Fsp3) is 0.515. The third kappa shape index (κ3) is 5.44. The lowest BCUT2D eigenvalue weighted by atomic mass is 9.58. The number of benzene rings is 1. The Balaban J connectivity index is 0.00000165. The van der Waals surface area contributed by atoms with Crippen molar-refractivity contribution in [2.24, 2.45) is 16.3 Å². The first-order chi connectivity index (χ1) is 19.4. The van der Waals surface area contributed by atoms with Crippen LogP contribution in [0.1, 0.15) is 99.2 Å². The molecule has 1 spiro atoms. The van der Waals surface area contributed by atoms with Gasteiger partial charge in [0.2, 0.25) is 0 Å². The van der Waals surface area contributed by atoms with Crippen molar-refractivity contribution in [1.29, 1.82) is 0 Å². The van der Waals surface area contributed by atoms with Crippen molar-refractivity contribution in [1.82, 2.24) is 19.7 Å². The molecule has 0 N–H and O–H groups in total. The van der Waals surface area contributed by atoms with Gasteiger partial charge < -0.3 is 9.64 Å². The van der Waals surface area contributed by atoms with E-state index in [1.54, 1.807) is 11.3 Å². The number of hydrogen-bond acceptors (Lipinski definition) is 6. The maximum Gasteiger partial charge on any atom is 0.410 e. The van der Waals surface area contributed by atoms with Crippen LogP contribution >= 0.6 is 11.3 Å². The molecular weight excluding hydrogens is 530 g/mol. The monoisotopic (exact) mass is 571 g/mol. The molecule has 1 aliphatic carbocycles. The zero-order valence-corrected chi connectivity index (χ0v) is 26.6. The molecule has 3 aromatic rings. The molecule has 6 rings (SSSR count). The van der Waals surface area contributed by atoms with E-state index in [-0.39, 0.29) is 17.6 Å². The molecule has 4 heterocycles. The van der Waals surface area contributed by atoms with Crippen molar-refractivity contribution in [3.63, 3.8) is 0 Å². The van der Waals surface area contributed by atoms with Gasteiger partial charge in [-0.25, -0.2) is 4.79 Å². The van der Waals surface area contributed by atoms with E-state index < -0.39 is 5.60 Å². The molecule has 1 aromatic carbocycles. The van der Waals surface area contributed by atoms with Gasteiger partial charge in [-0.1, -0.05) is 37.8 Å². The Labute approximate surface area is 248 Å². The van der Waals surface area contributed by atoms with E-state index in [2.05, 4.69) is 71.6 Å². The van der Waals surface area contributed by atoms with Crippen LogP contribution in [0.5, 0.6) is 0 Å². The van der Waals surface area contributed by atoms with Gasteiger partial charge in [-0.05, 0) is 79.0 Å². The number of amides is 1. The third-order valence-electron chi connectivity index (χ3n) is 7.99. The number of thiophene rings is 1. The molecule has 2 fully saturated rings. The number of aromatic nitrogens is 3. The van der Waals surface area contributed by atoms with Crippen LogP contribution in [0.3, 0.4) is 0 Å². The molecule has 3 aliphatic rings. The third-order valence-corrected chi connectivity index (χ3v) is 9.19. The molecule has 1 saturated carbocycles. The minimum absolute atomic E-state index is 0.0938. The zero-order chi connectivity index (χ0) is 29.7. The van der Waals surface area contributed by atoms with Crippen molar-refractivity contribution in [3.8, 4) is 16.8 Å². The molecule has 1 atom stereocenters. The van der Waals surface area contributed by atoms with Gasteiger partial charge in [0.1, 0.15) is 22.5 Å². The minimum atomic E-state index is -0.451.